The van der Waals surface area contributed by atoms with Crippen molar-refractivity contribution in [2.24, 2.45) is 5.41 Å². The first-order valence-electron chi connectivity index (χ1n) is 5.34. The lowest BCUT2D eigenvalue weighted by Crippen LogP contribution is -2.21. The summed E-state index contributed by atoms with van der Waals surface area (Å²) in [5.41, 5.74) is -0.296. The molecule has 100 valence electrons. The summed E-state index contributed by atoms with van der Waals surface area (Å²) in [6, 6.07) is 0. The molecule has 0 heterocycles. The van der Waals surface area contributed by atoms with Crippen molar-refractivity contribution in [3.05, 3.63) is 11.8 Å². The number of ether oxygens (including phenoxy) is 2. The summed E-state index contributed by atoms with van der Waals surface area (Å²) < 4.78 is 9.74. The average Bonchev–Trinajstić information content (AvgIpc) is 2.20. The third-order valence-corrected chi connectivity index (χ3v) is 1.71. The third-order valence-electron chi connectivity index (χ3n) is 1.71. The average molecular weight is 245 g/mol. The summed E-state index contributed by atoms with van der Waals surface area (Å²) in [4.78, 5) is 22.7. The lowest BCUT2D eigenvalue weighted by Gasteiger charge is -2.14. The molecule has 0 fully saturated rings. The molecular formula is C12H23NO4. The van der Waals surface area contributed by atoms with E-state index in [4.69, 9.17) is 9.47 Å². The first-order valence-corrected chi connectivity index (χ1v) is 5.34. The van der Waals surface area contributed by atoms with Gasteiger partial charge in [-0.1, -0.05) is 6.92 Å². The Labute approximate surface area is 103 Å². The van der Waals surface area contributed by atoms with Crippen molar-refractivity contribution in [3.63, 3.8) is 0 Å². The van der Waals surface area contributed by atoms with Gasteiger partial charge in [-0.25, -0.2) is 4.79 Å². The monoisotopic (exact) mass is 245 g/mol. The highest BCUT2D eigenvalue weighted by Gasteiger charge is 2.22. The Morgan fingerprint density at radius 2 is 1.76 bits per heavy atom. The van der Waals surface area contributed by atoms with Crippen LogP contribution in [0.3, 0.4) is 0 Å². The van der Waals surface area contributed by atoms with Crippen LogP contribution < -0.4 is 6.15 Å². The van der Waals surface area contributed by atoms with E-state index >= 15 is 0 Å². The molecule has 0 radical (unpaired) electrons. The topological polar surface area (TPSA) is 87.6 Å². The van der Waals surface area contributed by atoms with Crippen molar-refractivity contribution >= 4 is 11.9 Å². The molecule has 0 bridgehead atoms. The van der Waals surface area contributed by atoms with Crippen LogP contribution in [-0.2, 0) is 19.1 Å². The lowest BCUT2D eigenvalue weighted by atomic mass is 9.97. The van der Waals surface area contributed by atoms with E-state index in [-0.39, 0.29) is 17.7 Å². The number of esters is 2. The minimum Gasteiger partial charge on any atom is -0.462 e. The Balaban J connectivity index is 0. The van der Waals surface area contributed by atoms with Crippen molar-refractivity contribution in [1.29, 1.82) is 0 Å². The van der Waals surface area contributed by atoms with Crippen LogP contribution in [0.15, 0.2) is 11.8 Å². The molecule has 0 unspecified atom stereocenters. The molecule has 0 aliphatic carbocycles. The molecule has 0 spiro atoms. The summed E-state index contributed by atoms with van der Waals surface area (Å²) in [5.74, 6) is -0.835. The number of hydrogen-bond donors (Lipinski definition) is 1. The zero-order chi connectivity index (χ0) is 12.8. The Kier molecular flexibility index (Phi) is 8.31. The molecule has 0 aliphatic rings. The first-order chi connectivity index (χ1) is 7.29. The van der Waals surface area contributed by atoms with E-state index in [0.29, 0.717) is 6.61 Å². The maximum atomic E-state index is 11.4. The maximum absolute atomic E-state index is 11.4. The second kappa shape index (κ2) is 7.84. The van der Waals surface area contributed by atoms with Crippen molar-refractivity contribution in [2.75, 3.05) is 6.61 Å². The lowest BCUT2D eigenvalue weighted by molar-refractivity contribution is -0.147. The molecule has 0 aliphatic heterocycles. The molecular weight excluding hydrogens is 222 g/mol. The highest BCUT2D eigenvalue weighted by Crippen LogP contribution is 2.15. The second-order valence-electron chi connectivity index (χ2n) is 4.59. The fourth-order valence-electron chi connectivity index (χ4n) is 0.675. The predicted octanol–water partition coefficient (Wildman–Crippen LogP) is 2.59. The van der Waals surface area contributed by atoms with Crippen LogP contribution in [-0.4, -0.2) is 18.5 Å². The standard InChI is InChI=1S/C12H20O4.H3N/c1-6-7-15-10(13)9(2)8-16-11(14)12(3,4)5;/h8H,6-7H2,1-5H3;1H3. The van der Waals surface area contributed by atoms with Gasteiger partial charge in [-0.15, -0.1) is 0 Å². The highest BCUT2D eigenvalue weighted by atomic mass is 16.5. The Bertz CT molecular complexity index is 289. The number of hydrogen-bond acceptors (Lipinski definition) is 5. The molecule has 0 saturated carbocycles. The molecule has 17 heavy (non-hydrogen) atoms. The smallest absolute Gasteiger partial charge is 0.336 e. The SMILES string of the molecule is CCCOC(=O)C(C)=COC(=O)C(C)(C)C.N. The molecule has 5 heteroatoms. The minimum atomic E-state index is -0.579. The van der Waals surface area contributed by atoms with Crippen LogP contribution in [0.25, 0.3) is 0 Å². The Hall–Kier alpha value is -1.36. The zero-order valence-electron chi connectivity index (χ0n) is 11.3. The molecule has 0 aromatic rings. The van der Waals surface area contributed by atoms with E-state index in [1.807, 2.05) is 6.92 Å². The highest BCUT2D eigenvalue weighted by molar-refractivity contribution is 5.88. The Morgan fingerprint density at radius 1 is 1.24 bits per heavy atom. The quantitative estimate of drug-likeness (QED) is 0.467. The van der Waals surface area contributed by atoms with Gasteiger partial charge in [0.05, 0.1) is 17.6 Å². The molecule has 0 atom stereocenters. The van der Waals surface area contributed by atoms with Gasteiger partial charge < -0.3 is 15.6 Å². The van der Waals surface area contributed by atoms with Crippen molar-refractivity contribution in [2.45, 2.75) is 41.0 Å². The van der Waals surface area contributed by atoms with Gasteiger partial charge in [-0.2, -0.15) is 0 Å². The predicted molar refractivity (Wildman–Crippen MR) is 65.6 cm³/mol. The summed E-state index contributed by atoms with van der Waals surface area (Å²) in [6.07, 6.45) is 1.91. The largest absolute Gasteiger partial charge is 0.462 e. The molecule has 0 aromatic heterocycles. The minimum absolute atomic E-state index is 0. The second-order valence-corrected chi connectivity index (χ2v) is 4.59. The van der Waals surface area contributed by atoms with Crippen LogP contribution in [0.1, 0.15) is 41.0 Å². The summed E-state index contributed by atoms with van der Waals surface area (Å²) in [5, 5.41) is 0. The van der Waals surface area contributed by atoms with Crippen LogP contribution in [0.2, 0.25) is 0 Å². The number of rotatable bonds is 4. The van der Waals surface area contributed by atoms with Gasteiger partial charge in [0.1, 0.15) is 6.26 Å². The van der Waals surface area contributed by atoms with Crippen LogP contribution in [0.4, 0.5) is 0 Å². The maximum Gasteiger partial charge on any atom is 0.336 e. The molecule has 0 amide bonds. The molecule has 5 nitrogen and oxygen atoms in total. The van der Waals surface area contributed by atoms with Crippen LogP contribution in [0.5, 0.6) is 0 Å². The molecule has 3 N–H and O–H groups in total. The van der Waals surface area contributed by atoms with E-state index < -0.39 is 11.4 Å². The Morgan fingerprint density at radius 3 is 2.18 bits per heavy atom. The van der Waals surface area contributed by atoms with Crippen molar-refractivity contribution < 1.29 is 19.1 Å². The van der Waals surface area contributed by atoms with Gasteiger partial charge in [0.2, 0.25) is 0 Å². The first kappa shape index (κ1) is 18.0. The summed E-state index contributed by atoms with van der Waals surface area (Å²) in [7, 11) is 0. The van der Waals surface area contributed by atoms with Gasteiger partial charge in [0.15, 0.2) is 0 Å². The zero-order valence-corrected chi connectivity index (χ0v) is 11.3. The molecule has 0 aromatic carbocycles. The van der Waals surface area contributed by atoms with Gasteiger partial charge in [0.25, 0.3) is 0 Å². The number of carbonyl (C=O) groups is 2. The summed E-state index contributed by atoms with van der Waals surface area (Å²) in [6.45, 7) is 9.06. The van der Waals surface area contributed by atoms with Crippen LogP contribution in [0, 0.1) is 5.41 Å². The summed E-state index contributed by atoms with van der Waals surface area (Å²) >= 11 is 0. The normalized spacial score (nSPS) is 11.5. The fraction of sp³-hybridized carbons (Fsp3) is 0.667. The van der Waals surface area contributed by atoms with E-state index in [1.54, 1.807) is 27.7 Å². The van der Waals surface area contributed by atoms with Gasteiger partial charge in [0, 0.05) is 0 Å². The van der Waals surface area contributed by atoms with Crippen molar-refractivity contribution in [3.8, 4) is 0 Å². The molecule has 0 rings (SSSR count). The fourth-order valence-corrected chi connectivity index (χ4v) is 0.675. The van der Waals surface area contributed by atoms with Gasteiger partial charge >= 0.3 is 11.9 Å². The van der Waals surface area contributed by atoms with Crippen molar-refractivity contribution in [1.82, 2.24) is 6.15 Å². The van der Waals surface area contributed by atoms with E-state index in [1.165, 1.54) is 0 Å². The molecule has 0 saturated heterocycles. The third kappa shape index (κ3) is 7.52. The van der Waals surface area contributed by atoms with Gasteiger partial charge in [-0.3, -0.25) is 4.79 Å². The van der Waals surface area contributed by atoms with E-state index in [0.717, 1.165) is 12.7 Å². The van der Waals surface area contributed by atoms with E-state index in [2.05, 4.69) is 0 Å². The van der Waals surface area contributed by atoms with Gasteiger partial charge in [-0.05, 0) is 34.1 Å². The number of carbonyl (C=O) groups excluding carboxylic acids is 2. The van der Waals surface area contributed by atoms with E-state index in [9.17, 15) is 9.59 Å². The van der Waals surface area contributed by atoms with Crippen LogP contribution >= 0.6 is 0 Å².